The Labute approximate surface area is 92.7 Å². The van der Waals surface area contributed by atoms with Crippen LogP contribution in [0.2, 0.25) is 0 Å². The van der Waals surface area contributed by atoms with Gasteiger partial charge in [-0.3, -0.25) is 4.79 Å². The summed E-state index contributed by atoms with van der Waals surface area (Å²) < 4.78 is 0. The Morgan fingerprint density at radius 3 is 2.69 bits per heavy atom. The van der Waals surface area contributed by atoms with E-state index in [4.69, 9.17) is 0 Å². The number of nitrogens with zero attached hydrogens (tertiary/aromatic N) is 1. The molecule has 0 amide bonds. The quantitative estimate of drug-likeness (QED) is 0.677. The molecular formula is C12H13N3O. The van der Waals surface area contributed by atoms with Crippen LogP contribution >= 0.6 is 0 Å². The van der Waals surface area contributed by atoms with E-state index in [2.05, 4.69) is 27.4 Å². The molecule has 3 rings (SSSR count). The van der Waals surface area contributed by atoms with E-state index in [1.54, 1.807) is 0 Å². The molecule has 0 unspecified atom stereocenters. The monoisotopic (exact) mass is 215 g/mol. The van der Waals surface area contributed by atoms with Gasteiger partial charge in [0.25, 0.3) is 5.56 Å². The maximum Gasteiger partial charge on any atom is 0.266 e. The molecule has 0 saturated carbocycles. The lowest BCUT2D eigenvalue weighted by atomic mass is 10.0. The molecule has 4 nitrogen and oxygen atoms in total. The van der Waals surface area contributed by atoms with E-state index in [1.807, 2.05) is 0 Å². The van der Waals surface area contributed by atoms with Gasteiger partial charge in [0, 0.05) is 0 Å². The van der Waals surface area contributed by atoms with Crippen molar-refractivity contribution in [2.75, 3.05) is 13.1 Å². The lowest BCUT2D eigenvalue weighted by molar-refractivity contribution is 0.711. The highest BCUT2D eigenvalue weighted by Crippen LogP contribution is 2.18. The number of aromatic nitrogens is 2. The van der Waals surface area contributed by atoms with Crippen LogP contribution in [0.3, 0.4) is 0 Å². The van der Waals surface area contributed by atoms with E-state index in [9.17, 15) is 4.79 Å². The van der Waals surface area contributed by atoms with Crippen LogP contribution in [0.4, 0.5) is 0 Å². The molecule has 1 aliphatic heterocycles. The summed E-state index contributed by atoms with van der Waals surface area (Å²) in [6.07, 6.45) is 3.39. The molecule has 0 spiro atoms. The molecule has 1 aromatic carbocycles. The number of hydrogen-bond donors (Lipinski definition) is 2. The molecule has 1 aliphatic rings. The second-order valence-electron chi connectivity index (χ2n) is 4.14. The second kappa shape index (κ2) is 3.72. The van der Waals surface area contributed by atoms with Crippen LogP contribution in [0.15, 0.2) is 23.1 Å². The zero-order chi connectivity index (χ0) is 11.0. The van der Waals surface area contributed by atoms with Crippen molar-refractivity contribution in [3.8, 4) is 0 Å². The number of nitrogens with one attached hydrogen (secondary N) is 2. The molecule has 1 aromatic heterocycles. The average molecular weight is 215 g/mol. The zero-order valence-corrected chi connectivity index (χ0v) is 8.92. The van der Waals surface area contributed by atoms with E-state index in [0.29, 0.717) is 0 Å². The fraction of sp³-hybridized carbons (Fsp3) is 0.333. The molecule has 2 N–H and O–H groups in total. The van der Waals surface area contributed by atoms with E-state index in [1.165, 1.54) is 17.3 Å². The SMILES string of the molecule is O=c1cnc2cc3c(cc2[nH]1)CCNCC3. The van der Waals surface area contributed by atoms with Crippen LogP contribution in [-0.4, -0.2) is 23.1 Å². The van der Waals surface area contributed by atoms with Gasteiger partial charge in [-0.05, 0) is 49.2 Å². The standard InChI is InChI=1S/C12H13N3O/c16-12-7-14-10-5-8-1-3-13-4-2-9(8)6-11(10)15-12/h5-7,13H,1-4H2,(H,15,16). The lowest BCUT2D eigenvalue weighted by Crippen LogP contribution is -2.16. The van der Waals surface area contributed by atoms with Gasteiger partial charge in [-0.25, -0.2) is 4.98 Å². The first-order chi connectivity index (χ1) is 7.83. The van der Waals surface area contributed by atoms with Crippen LogP contribution in [-0.2, 0) is 12.8 Å². The van der Waals surface area contributed by atoms with Gasteiger partial charge < -0.3 is 10.3 Å². The van der Waals surface area contributed by atoms with Gasteiger partial charge in [-0.2, -0.15) is 0 Å². The first kappa shape index (κ1) is 9.54. The Kier molecular flexibility index (Phi) is 2.22. The van der Waals surface area contributed by atoms with E-state index in [0.717, 1.165) is 37.0 Å². The normalized spacial score (nSPS) is 15.8. The molecule has 16 heavy (non-hydrogen) atoms. The average Bonchev–Trinajstić information content (AvgIpc) is 2.50. The van der Waals surface area contributed by atoms with Crippen molar-refractivity contribution in [2.24, 2.45) is 0 Å². The second-order valence-corrected chi connectivity index (χ2v) is 4.14. The fourth-order valence-corrected chi connectivity index (χ4v) is 2.21. The van der Waals surface area contributed by atoms with Gasteiger partial charge in [-0.15, -0.1) is 0 Å². The molecule has 0 fully saturated rings. The minimum absolute atomic E-state index is 0.140. The first-order valence-electron chi connectivity index (χ1n) is 5.54. The summed E-state index contributed by atoms with van der Waals surface area (Å²) in [5, 5.41) is 3.37. The van der Waals surface area contributed by atoms with E-state index >= 15 is 0 Å². The molecule has 0 saturated heterocycles. The van der Waals surface area contributed by atoms with Crippen molar-refractivity contribution in [3.63, 3.8) is 0 Å². The minimum atomic E-state index is -0.140. The summed E-state index contributed by atoms with van der Waals surface area (Å²) in [6.45, 7) is 2.02. The van der Waals surface area contributed by atoms with Gasteiger partial charge >= 0.3 is 0 Å². The van der Waals surface area contributed by atoms with Crippen molar-refractivity contribution in [3.05, 3.63) is 39.8 Å². The lowest BCUT2D eigenvalue weighted by Gasteiger charge is -2.06. The zero-order valence-electron chi connectivity index (χ0n) is 8.92. The number of benzene rings is 1. The molecule has 2 aromatic rings. The molecule has 4 heteroatoms. The van der Waals surface area contributed by atoms with E-state index < -0.39 is 0 Å². The van der Waals surface area contributed by atoms with Crippen LogP contribution in [0.5, 0.6) is 0 Å². The summed E-state index contributed by atoms with van der Waals surface area (Å²) >= 11 is 0. The van der Waals surface area contributed by atoms with Gasteiger partial charge in [0.1, 0.15) is 0 Å². The Morgan fingerprint density at radius 2 is 1.88 bits per heavy atom. The topological polar surface area (TPSA) is 57.8 Å². The summed E-state index contributed by atoms with van der Waals surface area (Å²) in [5.74, 6) is 0. The highest BCUT2D eigenvalue weighted by Gasteiger charge is 2.09. The molecule has 0 radical (unpaired) electrons. The maximum atomic E-state index is 11.2. The largest absolute Gasteiger partial charge is 0.319 e. The molecule has 0 bridgehead atoms. The molecule has 2 heterocycles. The smallest absolute Gasteiger partial charge is 0.266 e. The van der Waals surface area contributed by atoms with Crippen molar-refractivity contribution < 1.29 is 0 Å². The third-order valence-electron chi connectivity index (χ3n) is 3.04. The van der Waals surface area contributed by atoms with Gasteiger partial charge in [0.2, 0.25) is 0 Å². The maximum absolute atomic E-state index is 11.2. The molecular weight excluding hydrogens is 202 g/mol. The fourth-order valence-electron chi connectivity index (χ4n) is 2.21. The summed E-state index contributed by atoms with van der Waals surface area (Å²) in [6, 6.07) is 4.15. The highest BCUT2D eigenvalue weighted by molar-refractivity contribution is 5.76. The molecule has 0 atom stereocenters. The number of fused-ring (bicyclic) bond motifs is 2. The van der Waals surface area contributed by atoms with Crippen molar-refractivity contribution in [1.82, 2.24) is 15.3 Å². The van der Waals surface area contributed by atoms with Crippen molar-refractivity contribution in [1.29, 1.82) is 0 Å². The minimum Gasteiger partial charge on any atom is -0.319 e. The summed E-state index contributed by atoms with van der Waals surface area (Å²) in [4.78, 5) is 18.2. The molecule has 0 aliphatic carbocycles. The van der Waals surface area contributed by atoms with Gasteiger partial charge in [0.15, 0.2) is 0 Å². The van der Waals surface area contributed by atoms with Crippen molar-refractivity contribution >= 4 is 11.0 Å². The predicted molar refractivity (Wildman–Crippen MR) is 62.6 cm³/mol. The number of aromatic amines is 1. The number of hydrogen-bond acceptors (Lipinski definition) is 3. The third kappa shape index (κ3) is 1.61. The summed E-state index contributed by atoms with van der Waals surface area (Å²) in [7, 11) is 0. The Morgan fingerprint density at radius 1 is 1.12 bits per heavy atom. The van der Waals surface area contributed by atoms with Gasteiger partial charge in [-0.1, -0.05) is 0 Å². The van der Waals surface area contributed by atoms with Crippen molar-refractivity contribution in [2.45, 2.75) is 12.8 Å². The summed E-state index contributed by atoms with van der Waals surface area (Å²) in [5.41, 5.74) is 4.24. The Balaban J connectivity index is 2.24. The van der Waals surface area contributed by atoms with Gasteiger partial charge in [0.05, 0.1) is 17.2 Å². The number of rotatable bonds is 0. The third-order valence-corrected chi connectivity index (χ3v) is 3.04. The number of H-pyrrole nitrogens is 1. The van der Waals surface area contributed by atoms with Crippen LogP contribution in [0.1, 0.15) is 11.1 Å². The van der Waals surface area contributed by atoms with E-state index in [-0.39, 0.29) is 5.56 Å². The van der Waals surface area contributed by atoms with Crippen LogP contribution < -0.4 is 10.9 Å². The Hall–Kier alpha value is -1.68. The predicted octanol–water partition coefficient (Wildman–Crippen LogP) is 0.611. The highest BCUT2D eigenvalue weighted by atomic mass is 16.1. The van der Waals surface area contributed by atoms with Crippen LogP contribution in [0.25, 0.3) is 11.0 Å². The van der Waals surface area contributed by atoms with Crippen LogP contribution in [0, 0.1) is 0 Å². The first-order valence-corrected chi connectivity index (χ1v) is 5.54. The Bertz CT molecular complexity index is 588. The molecule has 82 valence electrons.